The number of nitrogens with one attached hydrogen (secondary N) is 1. The highest BCUT2D eigenvalue weighted by Gasteiger charge is 2.18. The van der Waals surface area contributed by atoms with E-state index in [0.29, 0.717) is 22.1 Å². The van der Waals surface area contributed by atoms with Crippen molar-refractivity contribution in [3.63, 3.8) is 0 Å². The normalized spacial score (nSPS) is 11.6. The van der Waals surface area contributed by atoms with Crippen LogP contribution >= 0.6 is 11.6 Å². The van der Waals surface area contributed by atoms with Gasteiger partial charge >= 0.3 is 0 Å². The number of benzene rings is 2. The molecule has 0 fully saturated rings. The van der Waals surface area contributed by atoms with E-state index >= 15 is 0 Å². The number of rotatable bonds is 6. The molecule has 0 saturated carbocycles. The number of methoxy groups -OCH3 is 1. The molecule has 1 aromatic heterocycles. The van der Waals surface area contributed by atoms with Crippen molar-refractivity contribution in [2.45, 2.75) is 26.9 Å². The van der Waals surface area contributed by atoms with Crippen molar-refractivity contribution >= 4 is 23.2 Å². The molecule has 1 heterocycles. The second-order valence-electron chi connectivity index (χ2n) is 6.78. The minimum Gasteiger partial charge on any atom is -0.495 e. The van der Waals surface area contributed by atoms with E-state index in [9.17, 15) is 9.59 Å². The summed E-state index contributed by atoms with van der Waals surface area (Å²) in [6.45, 7) is 5.53. The van der Waals surface area contributed by atoms with Crippen LogP contribution in [0.4, 0.5) is 5.69 Å². The monoisotopic (exact) mass is 427 g/mol. The maximum atomic E-state index is 12.6. The van der Waals surface area contributed by atoms with Gasteiger partial charge in [0, 0.05) is 17.2 Å². The van der Waals surface area contributed by atoms with Crippen LogP contribution in [0.15, 0.2) is 53.3 Å². The zero-order valence-corrected chi connectivity index (χ0v) is 17.9. The third kappa shape index (κ3) is 4.80. The van der Waals surface area contributed by atoms with Gasteiger partial charge in [0.25, 0.3) is 11.5 Å². The molecular formula is C22H22ClN3O4. The van der Waals surface area contributed by atoms with Crippen molar-refractivity contribution < 1.29 is 14.3 Å². The molecule has 0 saturated heterocycles. The lowest BCUT2D eigenvalue weighted by molar-refractivity contribution is -0.122. The molecule has 30 heavy (non-hydrogen) atoms. The number of ether oxygens (including phenoxy) is 2. The molecule has 1 atom stereocenters. The Kier molecular flexibility index (Phi) is 6.42. The summed E-state index contributed by atoms with van der Waals surface area (Å²) in [5, 5.41) is 7.43. The van der Waals surface area contributed by atoms with Crippen LogP contribution in [0.5, 0.6) is 11.6 Å². The number of halogens is 1. The fraction of sp³-hybridized carbons (Fsp3) is 0.227. The van der Waals surface area contributed by atoms with E-state index in [1.165, 1.54) is 23.9 Å². The third-order valence-electron chi connectivity index (χ3n) is 4.60. The Morgan fingerprint density at radius 1 is 1.10 bits per heavy atom. The molecule has 1 amide bonds. The molecule has 0 bridgehead atoms. The number of aryl methyl sites for hydroxylation is 2. The zero-order valence-electron chi connectivity index (χ0n) is 17.1. The molecule has 8 heteroatoms. The molecule has 1 N–H and O–H groups in total. The highest BCUT2D eigenvalue weighted by atomic mass is 35.5. The van der Waals surface area contributed by atoms with Gasteiger partial charge in [0.15, 0.2) is 6.10 Å². The van der Waals surface area contributed by atoms with Crippen molar-refractivity contribution in [1.29, 1.82) is 0 Å². The largest absolute Gasteiger partial charge is 0.495 e. The van der Waals surface area contributed by atoms with E-state index in [-0.39, 0.29) is 11.4 Å². The molecule has 0 aliphatic heterocycles. The smallest absolute Gasteiger partial charge is 0.271 e. The molecule has 3 aromatic rings. The van der Waals surface area contributed by atoms with E-state index in [0.717, 1.165) is 11.1 Å². The molecule has 0 unspecified atom stereocenters. The van der Waals surface area contributed by atoms with E-state index < -0.39 is 12.0 Å². The van der Waals surface area contributed by atoms with E-state index in [1.54, 1.807) is 25.1 Å². The first kappa shape index (κ1) is 21.4. The number of hydrogen-bond donors (Lipinski definition) is 1. The lowest BCUT2D eigenvalue weighted by Gasteiger charge is -2.16. The third-order valence-corrected chi connectivity index (χ3v) is 4.83. The first-order valence-electron chi connectivity index (χ1n) is 9.27. The SMILES string of the molecule is COc1ccc(Cl)cc1NC(=O)[C@@H](C)Oc1ccc(=O)n(-c2ccc(C)c(C)c2)n1. The molecule has 156 valence electrons. The Bertz CT molecular complexity index is 1140. The fourth-order valence-corrected chi connectivity index (χ4v) is 2.92. The summed E-state index contributed by atoms with van der Waals surface area (Å²) in [5.74, 6) is 0.205. The molecular weight excluding hydrogens is 406 g/mol. The molecule has 0 spiro atoms. The van der Waals surface area contributed by atoms with Gasteiger partial charge < -0.3 is 14.8 Å². The number of hydrogen-bond acceptors (Lipinski definition) is 5. The number of carbonyl (C=O) groups is 1. The minimum absolute atomic E-state index is 0.147. The Morgan fingerprint density at radius 2 is 1.87 bits per heavy atom. The maximum absolute atomic E-state index is 12.6. The number of amides is 1. The van der Waals surface area contributed by atoms with E-state index in [4.69, 9.17) is 21.1 Å². The van der Waals surface area contributed by atoms with Gasteiger partial charge in [0.1, 0.15) is 5.75 Å². The second-order valence-corrected chi connectivity index (χ2v) is 7.22. The summed E-state index contributed by atoms with van der Waals surface area (Å²) >= 11 is 6.00. The average molecular weight is 428 g/mol. The van der Waals surface area contributed by atoms with Crippen LogP contribution < -0.4 is 20.3 Å². The van der Waals surface area contributed by atoms with Crippen LogP contribution in [-0.4, -0.2) is 28.9 Å². The number of nitrogens with zero attached hydrogens (tertiary/aromatic N) is 2. The van der Waals surface area contributed by atoms with Crippen LogP contribution in [0.3, 0.4) is 0 Å². The maximum Gasteiger partial charge on any atom is 0.271 e. The van der Waals surface area contributed by atoms with Crippen LogP contribution in [0, 0.1) is 13.8 Å². The summed E-state index contributed by atoms with van der Waals surface area (Å²) in [4.78, 5) is 24.8. The Hall–Kier alpha value is -3.32. The minimum atomic E-state index is -0.883. The van der Waals surface area contributed by atoms with Crippen LogP contribution in [0.25, 0.3) is 5.69 Å². The second kappa shape index (κ2) is 9.00. The number of anilines is 1. The Morgan fingerprint density at radius 3 is 2.57 bits per heavy atom. The van der Waals surface area contributed by atoms with Gasteiger partial charge in [0.05, 0.1) is 18.5 Å². The topological polar surface area (TPSA) is 82.5 Å². The highest BCUT2D eigenvalue weighted by Crippen LogP contribution is 2.28. The molecule has 2 aromatic carbocycles. The first-order valence-corrected chi connectivity index (χ1v) is 9.65. The summed E-state index contributed by atoms with van der Waals surface area (Å²) in [6, 6.07) is 13.3. The number of aromatic nitrogens is 2. The number of carbonyl (C=O) groups excluding carboxylic acids is 1. The Balaban J connectivity index is 1.79. The molecule has 0 aliphatic rings. The van der Waals surface area contributed by atoms with Crippen molar-refractivity contribution in [1.82, 2.24) is 9.78 Å². The molecule has 0 radical (unpaired) electrons. The van der Waals surface area contributed by atoms with Crippen LogP contribution in [0.1, 0.15) is 18.1 Å². The van der Waals surface area contributed by atoms with Crippen molar-refractivity contribution in [3.8, 4) is 17.3 Å². The summed E-state index contributed by atoms with van der Waals surface area (Å²) in [6.07, 6.45) is -0.883. The van der Waals surface area contributed by atoms with Crippen molar-refractivity contribution in [2.24, 2.45) is 0 Å². The van der Waals surface area contributed by atoms with Gasteiger partial charge in [-0.15, -0.1) is 5.10 Å². The highest BCUT2D eigenvalue weighted by molar-refractivity contribution is 6.31. The van der Waals surface area contributed by atoms with Gasteiger partial charge in [-0.1, -0.05) is 17.7 Å². The summed E-state index contributed by atoms with van der Waals surface area (Å²) < 4.78 is 12.1. The van der Waals surface area contributed by atoms with Gasteiger partial charge in [-0.2, -0.15) is 4.68 Å². The fourth-order valence-electron chi connectivity index (χ4n) is 2.75. The molecule has 0 aliphatic carbocycles. The van der Waals surface area contributed by atoms with Gasteiger partial charge in [-0.05, 0) is 62.2 Å². The first-order chi connectivity index (χ1) is 14.3. The average Bonchev–Trinajstić information content (AvgIpc) is 2.71. The van der Waals surface area contributed by atoms with Gasteiger partial charge in [-0.3, -0.25) is 9.59 Å². The van der Waals surface area contributed by atoms with Crippen molar-refractivity contribution in [2.75, 3.05) is 12.4 Å². The lowest BCUT2D eigenvalue weighted by Crippen LogP contribution is -2.31. The molecule has 3 rings (SSSR count). The van der Waals surface area contributed by atoms with Gasteiger partial charge in [0.2, 0.25) is 5.88 Å². The van der Waals surface area contributed by atoms with Crippen LogP contribution in [0.2, 0.25) is 5.02 Å². The summed E-state index contributed by atoms with van der Waals surface area (Å²) in [5.41, 5.74) is 2.90. The quantitative estimate of drug-likeness (QED) is 0.644. The van der Waals surface area contributed by atoms with Crippen LogP contribution in [-0.2, 0) is 4.79 Å². The van der Waals surface area contributed by atoms with E-state index in [1.807, 2.05) is 32.0 Å². The lowest BCUT2D eigenvalue weighted by atomic mass is 10.1. The summed E-state index contributed by atoms with van der Waals surface area (Å²) in [7, 11) is 1.50. The standard InChI is InChI=1S/C22H22ClN3O4/c1-13-5-7-17(11-14(13)2)26-21(27)10-9-20(25-26)30-15(3)22(28)24-18-12-16(23)6-8-19(18)29-4/h5-12,15H,1-4H3,(H,24,28)/t15-/m1/s1. The predicted octanol–water partition coefficient (Wildman–Crippen LogP) is 3.92. The van der Waals surface area contributed by atoms with Crippen molar-refractivity contribution in [3.05, 3.63) is 75.0 Å². The van der Waals surface area contributed by atoms with Gasteiger partial charge in [-0.25, -0.2) is 0 Å². The van der Waals surface area contributed by atoms with E-state index in [2.05, 4.69) is 10.4 Å². The Labute approximate surface area is 179 Å². The molecule has 7 nitrogen and oxygen atoms in total. The predicted molar refractivity (Wildman–Crippen MR) is 116 cm³/mol. The zero-order chi connectivity index (χ0) is 21.8.